The van der Waals surface area contributed by atoms with Crippen LogP contribution in [0.1, 0.15) is 12.3 Å². The molecular weight excluding hydrogens is 557 g/mol. The first-order valence-corrected chi connectivity index (χ1v) is 14.7. The third-order valence-electron chi connectivity index (χ3n) is 7.68. The maximum absolute atomic E-state index is 9.08. The lowest BCUT2D eigenvalue weighted by atomic mass is 10.0. The van der Waals surface area contributed by atoms with Crippen molar-refractivity contribution in [2.24, 2.45) is 0 Å². The third-order valence-corrected chi connectivity index (χ3v) is 8.81. The molecule has 5 heteroatoms. The zero-order valence-corrected chi connectivity index (χ0v) is 23.7. The highest BCUT2D eigenvalue weighted by molar-refractivity contribution is 7.25. The average Bonchev–Trinajstić information content (AvgIpc) is 3.73. The summed E-state index contributed by atoms with van der Waals surface area (Å²) in [6.45, 7) is 0. The van der Waals surface area contributed by atoms with Gasteiger partial charge in [-0.05, 0) is 35.4 Å². The zero-order chi connectivity index (χ0) is 36.9. The van der Waals surface area contributed by atoms with Gasteiger partial charge >= 0.3 is 0 Å². The van der Waals surface area contributed by atoms with E-state index in [1.165, 1.54) is 0 Å². The fraction of sp³-hybridized carbons (Fsp3) is 0. The van der Waals surface area contributed by atoms with E-state index >= 15 is 0 Å². The third kappa shape index (κ3) is 4.02. The van der Waals surface area contributed by atoms with Gasteiger partial charge in [0.15, 0.2) is 11.6 Å². The number of thiophene rings is 1. The molecule has 0 unspecified atom stereocenters. The van der Waals surface area contributed by atoms with E-state index in [0.717, 1.165) is 20.2 Å². The Bertz CT molecular complexity index is 2990. The van der Waals surface area contributed by atoms with Crippen LogP contribution in [0.4, 0.5) is 0 Å². The van der Waals surface area contributed by atoms with Crippen LogP contribution in [-0.2, 0) is 0 Å². The number of nitrogens with zero attached hydrogens (tertiary/aromatic N) is 4. The van der Waals surface area contributed by atoms with Crippen molar-refractivity contribution in [1.82, 2.24) is 19.5 Å². The number of hydrogen-bond donors (Lipinski definition) is 0. The molecule has 3 heterocycles. The molecule has 6 aromatic carbocycles. The molecule has 4 nitrogen and oxygen atoms in total. The van der Waals surface area contributed by atoms with E-state index < -0.39 is 30.2 Å². The molecule has 206 valence electrons. The number of rotatable bonds is 4. The van der Waals surface area contributed by atoms with Gasteiger partial charge in [0.1, 0.15) is 0 Å². The van der Waals surface area contributed by atoms with Crippen LogP contribution in [0.3, 0.4) is 0 Å². The summed E-state index contributed by atoms with van der Waals surface area (Å²) in [6, 6.07) is 24.8. The summed E-state index contributed by atoms with van der Waals surface area (Å²) in [5.74, 6) is 0.749. The monoisotopic (exact) mass is 589 g/mol. The molecule has 9 aromatic rings. The fourth-order valence-corrected chi connectivity index (χ4v) is 6.80. The van der Waals surface area contributed by atoms with E-state index in [2.05, 4.69) is 12.1 Å². The largest absolute Gasteiger partial charge is 0.278 e. The highest BCUT2D eigenvalue weighted by Crippen LogP contribution is 2.37. The zero-order valence-electron chi connectivity index (χ0n) is 31.9. The Morgan fingerprint density at radius 1 is 0.477 bits per heavy atom. The van der Waals surface area contributed by atoms with E-state index in [0.29, 0.717) is 39.2 Å². The number of hydrogen-bond acceptors (Lipinski definition) is 4. The van der Waals surface area contributed by atoms with Crippen molar-refractivity contribution in [3.8, 4) is 39.9 Å². The molecule has 3 aromatic heterocycles. The maximum atomic E-state index is 9.08. The van der Waals surface area contributed by atoms with Crippen LogP contribution in [0.5, 0.6) is 0 Å². The summed E-state index contributed by atoms with van der Waals surface area (Å²) in [5, 5.41) is 2.92. The minimum atomic E-state index is -0.512. The standard InChI is InChI=1S/C39H24N4S/c1-3-11-25(12-4-1)27-19-21-30-29-15-7-9-17-33(29)43(34(30)23-27)39-41-37(26-13-5-2-6-14-26)40-38(42-39)28-20-22-32-31-16-8-10-18-35(31)44-36(32)24-28/h1-24H/i1D,3D,4D,7D,9D,11D,12D,15D,17D. The van der Waals surface area contributed by atoms with Gasteiger partial charge in [0.2, 0.25) is 5.95 Å². The quantitative estimate of drug-likeness (QED) is 0.205. The normalized spacial score (nSPS) is 14.5. The molecule has 0 radical (unpaired) electrons. The molecule has 0 spiro atoms. The van der Waals surface area contributed by atoms with Gasteiger partial charge < -0.3 is 0 Å². The van der Waals surface area contributed by atoms with Crippen molar-refractivity contribution in [3.63, 3.8) is 0 Å². The second-order valence-corrected chi connectivity index (χ2v) is 11.3. The molecule has 0 amide bonds. The van der Waals surface area contributed by atoms with Crippen molar-refractivity contribution < 1.29 is 12.3 Å². The second kappa shape index (κ2) is 9.97. The van der Waals surface area contributed by atoms with E-state index in [4.69, 9.17) is 27.3 Å². The van der Waals surface area contributed by atoms with Gasteiger partial charge in [-0.3, -0.25) is 4.57 Å². The molecule has 0 aliphatic rings. The van der Waals surface area contributed by atoms with Gasteiger partial charge in [0.05, 0.1) is 23.4 Å². The second-order valence-electron chi connectivity index (χ2n) is 10.2. The predicted molar refractivity (Wildman–Crippen MR) is 183 cm³/mol. The van der Waals surface area contributed by atoms with Crippen molar-refractivity contribution in [2.75, 3.05) is 0 Å². The molecule has 0 aliphatic heterocycles. The predicted octanol–water partition coefficient (Wildman–Crippen LogP) is 10.3. The molecule has 0 fully saturated rings. The smallest absolute Gasteiger partial charge is 0.238 e. The molecule has 0 saturated heterocycles. The average molecular weight is 590 g/mol. The molecule has 9 rings (SSSR count). The lowest BCUT2D eigenvalue weighted by Gasteiger charge is -2.11. The van der Waals surface area contributed by atoms with Gasteiger partial charge in [-0.1, -0.05) is 121 Å². The van der Waals surface area contributed by atoms with Crippen LogP contribution in [-0.4, -0.2) is 19.5 Å². The molecule has 0 saturated carbocycles. The van der Waals surface area contributed by atoms with Crippen molar-refractivity contribution >= 4 is 53.3 Å². The van der Waals surface area contributed by atoms with Crippen LogP contribution >= 0.6 is 11.3 Å². The van der Waals surface area contributed by atoms with Crippen LogP contribution in [0.15, 0.2) is 145 Å². The molecule has 0 bridgehead atoms. The summed E-state index contributed by atoms with van der Waals surface area (Å²) >= 11 is 1.66. The van der Waals surface area contributed by atoms with Crippen molar-refractivity contribution in [1.29, 1.82) is 0 Å². The topological polar surface area (TPSA) is 43.6 Å². The fourth-order valence-electron chi connectivity index (χ4n) is 5.65. The van der Waals surface area contributed by atoms with Crippen LogP contribution < -0.4 is 0 Å². The van der Waals surface area contributed by atoms with E-state index in [1.807, 2.05) is 60.7 Å². The van der Waals surface area contributed by atoms with Crippen molar-refractivity contribution in [2.45, 2.75) is 0 Å². The molecule has 0 N–H and O–H groups in total. The van der Waals surface area contributed by atoms with E-state index in [-0.39, 0.29) is 46.6 Å². The summed E-state index contributed by atoms with van der Waals surface area (Å²) in [5.41, 5.74) is 2.16. The highest BCUT2D eigenvalue weighted by Gasteiger charge is 2.19. The Labute approximate surface area is 270 Å². The van der Waals surface area contributed by atoms with E-state index in [1.54, 1.807) is 34.1 Å². The van der Waals surface area contributed by atoms with Gasteiger partial charge in [-0.15, -0.1) is 11.3 Å². The van der Waals surface area contributed by atoms with Gasteiger partial charge in [0, 0.05) is 42.1 Å². The van der Waals surface area contributed by atoms with Gasteiger partial charge in [-0.2, -0.15) is 9.97 Å². The summed E-state index contributed by atoms with van der Waals surface area (Å²) in [7, 11) is 0. The SMILES string of the molecule is [2H]c1c([2H])c([2H])c(-c2ccc3c4c([2H])c([2H])c([2H])c([2H])c4n(-c4nc(-c5ccccc5)nc(-c5ccc6c(c5)sc5ccccc56)n4)c3c2)c([2H])c1[2H]. The first-order chi connectivity index (χ1) is 25.5. The van der Waals surface area contributed by atoms with E-state index in [9.17, 15) is 0 Å². The van der Waals surface area contributed by atoms with Crippen molar-refractivity contribution in [3.05, 3.63) is 145 Å². The highest BCUT2D eigenvalue weighted by atomic mass is 32.1. The lowest BCUT2D eigenvalue weighted by Crippen LogP contribution is -2.06. The summed E-state index contributed by atoms with van der Waals surface area (Å²) in [4.78, 5) is 14.8. The Kier molecular flexibility index (Phi) is 3.96. The van der Waals surface area contributed by atoms with Gasteiger partial charge in [-0.25, -0.2) is 4.98 Å². The summed E-state index contributed by atoms with van der Waals surface area (Å²) in [6.07, 6.45) is 0. The maximum Gasteiger partial charge on any atom is 0.238 e. The minimum Gasteiger partial charge on any atom is -0.278 e. The van der Waals surface area contributed by atoms with Crippen LogP contribution in [0.25, 0.3) is 81.8 Å². The number of fused-ring (bicyclic) bond motifs is 6. The summed E-state index contributed by atoms with van der Waals surface area (Å²) < 4.78 is 80.8. The number of aromatic nitrogens is 4. The first-order valence-electron chi connectivity index (χ1n) is 18.4. The molecule has 0 aliphatic carbocycles. The lowest BCUT2D eigenvalue weighted by molar-refractivity contribution is 0.954. The number of para-hydroxylation sites is 1. The van der Waals surface area contributed by atoms with Crippen LogP contribution in [0, 0.1) is 0 Å². The number of benzene rings is 6. The molecule has 44 heavy (non-hydrogen) atoms. The molecule has 0 atom stereocenters. The van der Waals surface area contributed by atoms with Gasteiger partial charge in [0.25, 0.3) is 0 Å². The van der Waals surface area contributed by atoms with Crippen LogP contribution in [0.2, 0.25) is 0 Å². The Morgan fingerprint density at radius 3 is 2.07 bits per heavy atom. The molecular formula is C39H24N4S. The Hall–Kier alpha value is -5.65. The first kappa shape index (κ1) is 17.5. The minimum absolute atomic E-state index is 0.0211. The Morgan fingerprint density at radius 2 is 1.18 bits per heavy atom. The Balaban J connectivity index is 1.38.